The molecular formula is C18H25F3N2O. The molecule has 0 spiro atoms. The number of hydrogen-bond acceptors (Lipinski definition) is 3. The van der Waals surface area contributed by atoms with Crippen LogP contribution in [0.15, 0.2) is 24.3 Å². The van der Waals surface area contributed by atoms with Gasteiger partial charge in [-0.3, -0.25) is 9.80 Å². The summed E-state index contributed by atoms with van der Waals surface area (Å²) in [5.41, 5.74) is -1.68. The van der Waals surface area contributed by atoms with Crippen LogP contribution in [0, 0.1) is 0 Å². The summed E-state index contributed by atoms with van der Waals surface area (Å²) in [6.45, 7) is 6.01. The lowest BCUT2D eigenvalue weighted by atomic mass is 9.93. The third-order valence-corrected chi connectivity index (χ3v) is 5.25. The zero-order chi connectivity index (χ0) is 17.4. The summed E-state index contributed by atoms with van der Waals surface area (Å²) < 4.78 is 38.7. The highest BCUT2D eigenvalue weighted by Gasteiger charge is 2.36. The summed E-state index contributed by atoms with van der Waals surface area (Å²) >= 11 is 0. The Hall–Kier alpha value is -1.11. The van der Waals surface area contributed by atoms with Gasteiger partial charge in [0.25, 0.3) is 0 Å². The standard InChI is InChI=1S/C18H25F3N2O/c1-17(24,14-5-4-6-15(11-14)18(19,20)21)13-22-10-7-16(12-22)23-8-2-3-9-23/h4-6,11,16,24H,2-3,7-10,12-13H2,1H3. The van der Waals surface area contributed by atoms with Crippen LogP contribution in [-0.4, -0.2) is 53.7 Å². The van der Waals surface area contributed by atoms with Crippen molar-refractivity contribution in [2.45, 2.75) is 44.0 Å². The van der Waals surface area contributed by atoms with Gasteiger partial charge in [0, 0.05) is 19.1 Å². The molecule has 0 aromatic heterocycles. The highest BCUT2D eigenvalue weighted by molar-refractivity contribution is 5.30. The number of aliphatic hydroxyl groups is 1. The Kier molecular flexibility index (Phi) is 4.91. The Balaban J connectivity index is 1.66. The van der Waals surface area contributed by atoms with Crippen molar-refractivity contribution in [2.75, 3.05) is 32.7 Å². The minimum atomic E-state index is -4.39. The number of rotatable bonds is 4. The lowest BCUT2D eigenvalue weighted by Gasteiger charge is -2.30. The fourth-order valence-electron chi connectivity index (χ4n) is 3.92. The number of likely N-dealkylation sites (tertiary alicyclic amines) is 2. The van der Waals surface area contributed by atoms with E-state index in [0.717, 1.165) is 44.7 Å². The second-order valence-corrected chi connectivity index (χ2v) is 7.27. The highest BCUT2D eigenvalue weighted by atomic mass is 19.4. The average Bonchev–Trinajstić information content (AvgIpc) is 3.17. The van der Waals surface area contributed by atoms with Crippen molar-refractivity contribution < 1.29 is 18.3 Å². The zero-order valence-corrected chi connectivity index (χ0v) is 14.0. The third-order valence-electron chi connectivity index (χ3n) is 5.25. The minimum Gasteiger partial charge on any atom is -0.384 e. The molecule has 0 bridgehead atoms. The Morgan fingerprint density at radius 1 is 1.12 bits per heavy atom. The first-order valence-corrected chi connectivity index (χ1v) is 8.62. The van der Waals surface area contributed by atoms with E-state index in [2.05, 4.69) is 9.80 Å². The first-order valence-electron chi connectivity index (χ1n) is 8.62. The molecule has 2 aliphatic rings. The molecule has 2 fully saturated rings. The van der Waals surface area contributed by atoms with Gasteiger partial charge in [0.05, 0.1) is 11.2 Å². The fraction of sp³-hybridized carbons (Fsp3) is 0.667. The van der Waals surface area contributed by atoms with Gasteiger partial charge in [-0.05, 0) is 63.5 Å². The summed E-state index contributed by atoms with van der Waals surface area (Å²) in [7, 11) is 0. The first kappa shape index (κ1) is 17.7. The lowest BCUT2D eigenvalue weighted by molar-refractivity contribution is -0.137. The van der Waals surface area contributed by atoms with Gasteiger partial charge < -0.3 is 5.11 Å². The Bertz CT molecular complexity index is 568. The molecule has 3 nitrogen and oxygen atoms in total. The first-order chi connectivity index (χ1) is 11.3. The van der Waals surface area contributed by atoms with Crippen LogP contribution in [0.25, 0.3) is 0 Å². The van der Waals surface area contributed by atoms with E-state index in [-0.39, 0.29) is 0 Å². The van der Waals surface area contributed by atoms with E-state index in [1.807, 2.05) is 0 Å². The molecule has 2 unspecified atom stereocenters. The van der Waals surface area contributed by atoms with Crippen molar-refractivity contribution in [3.05, 3.63) is 35.4 Å². The van der Waals surface area contributed by atoms with Crippen molar-refractivity contribution in [1.82, 2.24) is 9.80 Å². The van der Waals surface area contributed by atoms with E-state index in [9.17, 15) is 18.3 Å². The van der Waals surface area contributed by atoms with Gasteiger partial charge in [-0.2, -0.15) is 13.2 Å². The van der Waals surface area contributed by atoms with Crippen molar-refractivity contribution in [1.29, 1.82) is 0 Å². The molecule has 0 radical (unpaired) electrons. The molecule has 6 heteroatoms. The van der Waals surface area contributed by atoms with Gasteiger partial charge in [-0.1, -0.05) is 12.1 Å². The van der Waals surface area contributed by atoms with Gasteiger partial charge in [-0.25, -0.2) is 0 Å². The van der Waals surface area contributed by atoms with Gasteiger partial charge >= 0.3 is 6.18 Å². The fourth-order valence-corrected chi connectivity index (χ4v) is 3.92. The van der Waals surface area contributed by atoms with Crippen molar-refractivity contribution >= 4 is 0 Å². The number of halogens is 3. The predicted molar refractivity (Wildman–Crippen MR) is 86.7 cm³/mol. The van der Waals surface area contributed by atoms with Crippen LogP contribution in [0.1, 0.15) is 37.3 Å². The Morgan fingerprint density at radius 2 is 1.79 bits per heavy atom. The maximum atomic E-state index is 12.9. The summed E-state index contributed by atoms with van der Waals surface area (Å²) in [4.78, 5) is 4.67. The molecule has 0 saturated carbocycles. The largest absolute Gasteiger partial charge is 0.416 e. The van der Waals surface area contributed by atoms with Gasteiger partial charge in [0.1, 0.15) is 0 Å². The molecule has 1 N–H and O–H groups in total. The number of alkyl halides is 3. The van der Waals surface area contributed by atoms with Crippen molar-refractivity contribution in [3.63, 3.8) is 0 Å². The van der Waals surface area contributed by atoms with Crippen LogP contribution in [0.5, 0.6) is 0 Å². The van der Waals surface area contributed by atoms with E-state index in [1.165, 1.54) is 18.9 Å². The van der Waals surface area contributed by atoms with E-state index in [0.29, 0.717) is 18.2 Å². The predicted octanol–water partition coefficient (Wildman–Crippen LogP) is 3.08. The van der Waals surface area contributed by atoms with Crippen LogP contribution < -0.4 is 0 Å². The summed E-state index contributed by atoms with van der Waals surface area (Å²) in [6.07, 6.45) is -0.823. The normalized spacial score (nSPS) is 26.0. The molecular weight excluding hydrogens is 317 g/mol. The van der Waals surface area contributed by atoms with Crippen LogP contribution in [0.3, 0.4) is 0 Å². The third kappa shape index (κ3) is 3.92. The van der Waals surface area contributed by atoms with Crippen LogP contribution in [0.2, 0.25) is 0 Å². The number of nitrogens with zero attached hydrogens (tertiary/aromatic N) is 2. The molecule has 3 rings (SSSR count). The molecule has 0 amide bonds. The molecule has 0 aliphatic carbocycles. The SMILES string of the molecule is CC(O)(CN1CCC(N2CCCC2)C1)c1cccc(C(F)(F)F)c1. The zero-order valence-electron chi connectivity index (χ0n) is 14.0. The van der Waals surface area contributed by atoms with E-state index in [4.69, 9.17) is 0 Å². The van der Waals surface area contributed by atoms with E-state index < -0.39 is 17.3 Å². The molecule has 1 aromatic carbocycles. The van der Waals surface area contributed by atoms with Crippen molar-refractivity contribution in [2.24, 2.45) is 0 Å². The molecule has 2 atom stereocenters. The molecule has 1 aromatic rings. The highest BCUT2D eigenvalue weighted by Crippen LogP contribution is 2.33. The molecule has 2 saturated heterocycles. The summed E-state index contributed by atoms with van der Waals surface area (Å²) in [5.74, 6) is 0. The van der Waals surface area contributed by atoms with Crippen LogP contribution in [-0.2, 0) is 11.8 Å². The summed E-state index contributed by atoms with van der Waals surface area (Å²) in [6, 6.07) is 5.56. The molecule has 134 valence electrons. The summed E-state index contributed by atoms with van der Waals surface area (Å²) in [5, 5.41) is 10.8. The maximum absolute atomic E-state index is 12.9. The van der Waals surface area contributed by atoms with E-state index in [1.54, 1.807) is 13.0 Å². The van der Waals surface area contributed by atoms with Crippen LogP contribution in [0.4, 0.5) is 13.2 Å². The van der Waals surface area contributed by atoms with Gasteiger partial charge in [0.15, 0.2) is 0 Å². The van der Waals surface area contributed by atoms with Crippen LogP contribution >= 0.6 is 0 Å². The average molecular weight is 342 g/mol. The monoisotopic (exact) mass is 342 g/mol. The Labute approximate surface area is 141 Å². The maximum Gasteiger partial charge on any atom is 0.416 e. The van der Waals surface area contributed by atoms with Crippen molar-refractivity contribution in [3.8, 4) is 0 Å². The number of β-amino-alcohol motifs (C(OH)–C–C–N with tert-alkyl or cyclic N) is 1. The second-order valence-electron chi connectivity index (χ2n) is 7.27. The van der Waals surface area contributed by atoms with E-state index >= 15 is 0 Å². The minimum absolute atomic E-state index is 0.321. The molecule has 2 aliphatic heterocycles. The van der Waals surface area contributed by atoms with Gasteiger partial charge in [-0.15, -0.1) is 0 Å². The topological polar surface area (TPSA) is 26.7 Å². The number of benzene rings is 1. The Morgan fingerprint density at radius 3 is 2.46 bits per heavy atom. The van der Waals surface area contributed by atoms with Gasteiger partial charge in [0.2, 0.25) is 0 Å². The molecule has 24 heavy (non-hydrogen) atoms. The smallest absolute Gasteiger partial charge is 0.384 e. The quantitative estimate of drug-likeness (QED) is 0.911. The second kappa shape index (κ2) is 6.65. The number of hydrogen-bond donors (Lipinski definition) is 1. The molecule has 2 heterocycles. The lowest BCUT2D eigenvalue weighted by Crippen LogP contribution is -2.40.